The molecule has 9 heteroatoms. The molecule has 0 unspecified atom stereocenters. The SMILES string of the molecule is CC(C)(C)[Si](C)(C)O[C@H]1[C@H](OCc2ccccc2)[C@@H](N=[N+]=[N-])[C@@H](Br)O[C@@H]1COCc1ccccc1. The minimum absolute atomic E-state index is 0.0222. The van der Waals surface area contributed by atoms with Crippen LogP contribution in [0.3, 0.4) is 0 Å². The smallest absolute Gasteiger partial charge is 0.192 e. The highest BCUT2D eigenvalue weighted by molar-refractivity contribution is 9.09. The summed E-state index contributed by atoms with van der Waals surface area (Å²) in [6.07, 6.45) is -1.37. The second kappa shape index (κ2) is 12.5. The Morgan fingerprint density at radius 2 is 1.54 bits per heavy atom. The van der Waals surface area contributed by atoms with Crippen molar-refractivity contribution in [1.29, 1.82) is 0 Å². The summed E-state index contributed by atoms with van der Waals surface area (Å²) in [5.41, 5.74) is 11.4. The van der Waals surface area contributed by atoms with Crippen LogP contribution in [0.25, 0.3) is 10.4 Å². The molecule has 0 aromatic heterocycles. The van der Waals surface area contributed by atoms with Gasteiger partial charge in [-0.2, -0.15) is 0 Å². The number of hydrogen-bond donors (Lipinski definition) is 0. The van der Waals surface area contributed by atoms with Crippen molar-refractivity contribution in [3.63, 3.8) is 0 Å². The van der Waals surface area contributed by atoms with Gasteiger partial charge in [-0.15, -0.1) is 0 Å². The zero-order chi connectivity index (χ0) is 25.5. The first-order chi connectivity index (χ1) is 16.6. The Labute approximate surface area is 218 Å². The van der Waals surface area contributed by atoms with E-state index in [9.17, 15) is 5.53 Å². The van der Waals surface area contributed by atoms with Gasteiger partial charge in [-0.3, -0.25) is 0 Å². The van der Waals surface area contributed by atoms with Crippen molar-refractivity contribution in [2.24, 2.45) is 5.11 Å². The third-order valence-electron chi connectivity index (χ3n) is 6.70. The highest BCUT2D eigenvalue weighted by Gasteiger charge is 2.50. The molecule has 1 fully saturated rings. The van der Waals surface area contributed by atoms with Gasteiger partial charge in [0.15, 0.2) is 8.32 Å². The number of azide groups is 1. The Morgan fingerprint density at radius 1 is 0.971 bits per heavy atom. The summed E-state index contributed by atoms with van der Waals surface area (Å²) in [4.78, 5) is 3.08. The van der Waals surface area contributed by atoms with Gasteiger partial charge in [0.05, 0.1) is 25.9 Å². The molecule has 2 aromatic carbocycles. The molecule has 1 heterocycles. The molecule has 0 saturated carbocycles. The van der Waals surface area contributed by atoms with E-state index in [-0.39, 0.29) is 5.04 Å². The fourth-order valence-corrected chi connectivity index (χ4v) is 5.68. The number of halogens is 1. The second-order valence-corrected chi connectivity index (χ2v) is 16.0. The Kier molecular flexibility index (Phi) is 9.95. The molecule has 0 amide bonds. The lowest BCUT2D eigenvalue weighted by atomic mass is 9.98. The molecule has 190 valence electrons. The predicted molar refractivity (Wildman–Crippen MR) is 144 cm³/mol. The predicted octanol–water partition coefficient (Wildman–Crippen LogP) is 6.98. The van der Waals surface area contributed by atoms with Crippen LogP contribution < -0.4 is 0 Å². The molecule has 0 spiro atoms. The van der Waals surface area contributed by atoms with Gasteiger partial charge in [0.1, 0.15) is 23.3 Å². The fourth-order valence-electron chi connectivity index (χ4n) is 3.68. The summed E-state index contributed by atoms with van der Waals surface area (Å²) >= 11 is 3.58. The summed E-state index contributed by atoms with van der Waals surface area (Å²) in [6.45, 7) is 12.2. The standard InChI is InChI=1S/C26H36BrN3O4Si/c1-26(2,3)35(4,5)34-23-21(18-31-16-19-12-8-6-9-13-19)33-25(27)22(29-30-28)24(23)32-17-20-14-10-7-11-15-20/h6-15,21-25H,16-18H2,1-5H3/t21-,22-,23-,24-,25+/m1/s1. The fraction of sp³-hybridized carbons (Fsp3) is 0.538. The van der Waals surface area contributed by atoms with Gasteiger partial charge in [-0.25, -0.2) is 0 Å². The maximum Gasteiger partial charge on any atom is 0.192 e. The summed E-state index contributed by atoms with van der Waals surface area (Å²) in [6, 6.07) is 19.4. The van der Waals surface area contributed by atoms with Gasteiger partial charge in [-0.05, 0) is 34.8 Å². The molecule has 1 saturated heterocycles. The molecule has 5 atom stereocenters. The summed E-state index contributed by atoms with van der Waals surface area (Å²) < 4.78 is 25.7. The normalized spacial score (nSPS) is 25.1. The zero-order valence-electron chi connectivity index (χ0n) is 21.1. The lowest BCUT2D eigenvalue weighted by Gasteiger charge is -2.48. The minimum Gasteiger partial charge on any atom is -0.409 e. The van der Waals surface area contributed by atoms with Crippen LogP contribution in [0.1, 0.15) is 31.9 Å². The van der Waals surface area contributed by atoms with E-state index in [0.29, 0.717) is 19.8 Å². The van der Waals surface area contributed by atoms with Crippen LogP contribution >= 0.6 is 15.9 Å². The molecular formula is C26H36BrN3O4Si. The number of alkyl halides is 1. The highest BCUT2D eigenvalue weighted by Crippen LogP contribution is 2.41. The molecule has 1 aliphatic rings. The van der Waals surface area contributed by atoms with E-state index < -0.39 is 37.7 Å². The van der Waals surface area contributed by atoms with Gasteiger partial charge in [0.25, 0.3) is 0 Å². The van der Waals surface area contributed by atoms with Gasteiger partial charge in [0, 0.05) is 4.91 Å². The first-order valence-electron chi connectivity index (χ1n) is 11.9. The molecular weight excluding hydrogens is 526 g/mol. The molecule has 0 aliphatic carbocycles. The van der Waals surface area contributed by atoms with Crippen molar-refractivity contribution in [3.05, 3.63) is 82.2 Å². The van der Waals surface area contributed by atoms with E-state index in [0.717, 1.165) is 11.1 Å². The van der Waals surface area contributed by atoms with E-state index in [4.69, 9.17) is 18.6 Å². The van der Waals surface area contributed by atoms with Crippen LogP contribution in [0.15, 0.2) is 65.8 Å². The number of hydrogen-bond acceptors (Lipinski definition) is 5. The summed E-state index contributed by atoms with van der Waals surface area (Å²) in [7, 11) is -2.23. The number of ether oxygens (including phenoxy) is 3. The van der Waals surface area contributed by atoms with Crippen molar-refractivity contribution in [2.45, 2.75) is 81.5 Å². The van der Waals surface area contributed by atoms with Crippen LogP contribution in [-0.4, -0.2) is 44.3 Å². The molecule has 3 rings (SSSR count). The van der Waals surface area contributed by atoms with Crippen molar-refractivity contribution in [1.82, 2.24) is 0 Å². The lowest BCUT2D eigenvalue weighted by molar-refractivity contribution is -0.184. The average Bonchev–Trinajstić information content (AvgIpc) is 2.82. The zero-order valence-corrected chi connectivity index (χ0v) is 23.7. The number of rotatable bonds is 10. The monoisotopic (exact) mass is 561 g/mol. The largest absolute Gasteiger partial charge is 0.409 e. The van der Waals surface area contributed by atoms with E-state index >= 15 is 0 Å². The summed E-state index contributed by atoms with van der Waals surface area (Å²) in [5.74, 6) is 0. The van der Waals surface area contributed by atoms with Crippen LogP contribution in [0.5, 0.6) is 0 Å². The van der Waals surface area contributed by atoms with Crippen LogP contribution in [0.4, 0.5) is 0 Å². The molecule has 0 radical (unpaired) electrons. The van der Waals surface area contributed by atoms with E-state index in [1.54, 1.807) is 0 Å². The van der Waals surface area contributed by atoms with Gasteiger partial charge < -0.3 is 18.6 Å². The van der Waals surface area contributed by atoms with E-state index in [2.05, 4.69) is 59.8 Å². The lowest BCUT2D eigenvalue weighted by Crippen LogP contribution is -2.61. The Morgan fingerprint density at radius 3 is 2.09 bits per heavy atom. The van der Waals surface area contributed by atoms with Crippen molar-refractivity contribution >= 4 is 24.2 Å². The van der Waals surface area contributed by atoms with Gasteiger partial charge in [0.2, 0.25) is 0 Å². The molecule has 0 bridgehead atoms. The maximum absolute atomic E-state index is 9.29. The Balaban J connectivity index is 1.86. The first kappa shape index (κ1) is 27.9. The van der Waals surface area contributed by atoms with Crippen LogP contribution in [0.2, 0.25) is 18.1 Å². The van der Waals surface area contributed by atoms with Crippen LogP contribution in [-0.2, 0) is 31.9 Å². The Hall–Kier alpha value is -1.71. The summed E-state index contributed by atoms with van der Waals surface area (Å²) in [5, 5.41) is 3.49. The molecule has 7 nitrogen and oxygen atoms in total. The number of nitrogens with zero attached hydrogens (tertiary/aromatic N) is 3. The topological polar surface area (TPSA) is 85.7 Å². The van der Waals surface area contributed by atoms with Crippen molar-refractivity contribution in [3.8, 4) is 0 Å². The third kappa shape index (κ3) is 7.63. The van der Waals surface area contributed by atoms with E-state index in [1.165, 1.54) is 0 Å². The van der Waals surface area contributed by atoms with Gasteiger partial charge >= 0.3 is 0 Å². The average molecular weight is 563 g/mol. The molecule has 1 aliphatic heterocycles. The molecule has 0 N–H and O–H groups in total. The van der Waals surface area contributed by atoms with Crippen molar-refractivity contribution in [2.75, 3.05) is 6.61 Å². The highest BCUT2D eigenvalue weighted by atomic mass is 79.9. The first-order valence-corrected chi connectivity index (χ1v) is 15.7. The van der Waals surface area contributed by atoms with Crippen molar-refractivity contribution < 1.29 is 18.6 Å². The Bertz CT molecular complexity index is 968. The quantitative estimate of drug-likeness (QED) is 0.103. The van der Waals surface area contributed by atoms with Gasteiger partial charge in [-0.1, -0.05) is 102 Å². The maximum atomic E-state index is 9.29. The molecule has 2 aromatic rings. The molecule has 35 heavy (non-hydrogen) atoms. The van der Waals surface area contributed by atoms with E-state index in [1.807, 2.05) is 60.7 Å². The second-order valence-electron chi connectivity index (χ2n) is 10.3. The third-order valence-corrected chi connectivity index (χ3v) is 11.9. The number of benzene rings is 2. The van der Waals surface area contributed by atoms with Crippen LogP contribution in [0, 0.1) is 0 Å². The minimum atomic E-state index is -2.23.